The summed E-state index contributed by atoms with van der Waals surface area (Å²) in [6.07, 6.45) is 0. The van der Waals surface area contributed by atoms with E-state index in [9.17, 15) is 9.90 Å². The Bertz CT molecular complexity index is 336. The van der Waals surface area contributed by atoms with Crippen molar-refractivity contribution in [2.24, 2.45) is 0 Å². The monoisotopic (exact) mass is 177 g/mol. The maximum Gasteiger partial charge on any atom is 0.260 e. The molecule has 1 N–H and O–H groups in total. The van der Waals surface area contributed by atoms with E-state index in [-0.39, 0.29) is 5.91 Å². The molecule has 1 saturated heterocycles. The van der Waals surface area contributed by atoms with E-state index in [4.69, 9.17) is 0 Å². The summed E-state index contributed by atoms with van der Waals surface area (Å²) in [5, 5.41) is 9.93. The predicted octanol–water partition coefficient (Wildman–Crippen LogP) is 0.346. The summed E-state index contributed by atoms with van der Waals surface area (Å²) < 4.78 is 0. The summed E-state index contributed by atoms with van der Waals surface area (Å²) in [6.45, 7) is 0.385. The van der Waals surface area contributed by atoms with Gasteiger partial charge < -0.3 is 10.0 Å². The van der Waals surface area contributed by atoms with E-state index in [1.54, 1.807) is 19.2 Å². The molecule has 1 amide bonds. The van der Waals surface area contributed by atoms with Gasteiger partial charge in [0.15, 0.2) is 5.60 Å². The number of likely N-dealkylation sites (tertiary alicyclic amines) is 1. The summed E-state index contributed by atoms with van der Waals surface area (Å²) in [5.74, 6) is -0.223. The maximum absolute atomic E-state index is 11.4. The van der Waals surface area contributed by atoms with Gasteiger partial charge in [-0.1, -0.05) is 30.3 Å². The van der Waals surface area contributed by atoms with E-state index in [0.29, 0.717) is 12.1 Å². The molecule has 0 spiro atoms. The van der Waals surface area contributed by atoms with Gasteiger partial charge in [0.2, 0.25) is 0 Å². The van der Waals surface area contributed by atoms with Gasteiger partial charge in [-0.25, -0.2) is 0 Å². The molecule has 1 unspecified atom stereocenters. The topological polar surface area (TPSA) is 40.5 Å². The molecule has 1 aliphatic heterocycles. The zero-order valence-electron chi connectivity index (χ0n) is 7.40. The lowest BCUT2D eigenvalue weighted by Gasteiger charge is -2.43. The highest BCUT2D eigenvalue weighted by Gasteiger charge is 2.50. The minimum Gasteiger partial charge on any atom is -0.374 e. The van der Waals surface area contributed by atoms with Crippen LogP contribution in [0.3, 0.4) is 0 Å². The number of rotatable bonds is 1. The number of hydrogen-bond donors (Lipinski definition) is 1. The van der Waals surface area contributed by atoms with Crippen LogP contribution in [0.1, 0.15) is 5.56 Å². The summed E-state index contributed by atoms with van der Waals surface area (Å²) in [6, 6.07) is 9.04. The molecule has 13 heavy (non-hydrogen) atoms. The Morgan fingerprint density at radius 1 is 1.38 bits per heavy atom. The van der Waals surface area contributed by atoms with Gasteiger partial charge in [-0.2, -0.15) is 0 Å². The van der Waals surface area contributed by atoms with Crippen LogP contribution in [0.5, 0.6) is 0 Å². The third-order valence-electron chi connectivity index (χ3n) is 2.42. The molecule has 1 aliphatic rings. The van der Waals surface area contributed by atoms with Crippen LogP contribution in [0.2, 0.25) is 0 Å². The first kappa shape index (κ1) is 8.26. The van der Waals surface area contributed by atoms with Crippen molar-refractivity contribution in [1.29, 1.82) is 0 Å². The van der Waals surface area contributed by atoms with Crippen molar-refractivity contribution < 1.29 is 9.90 Å². The molecule has 0 aliphatic carbocycles. The highest BCUT2D eigenvalue weighted by molar-refractivity contribution is 5.92. The number of carbonyl (C=O) groups is 1. The summed E-state index contributed by atoms with van der Waals surface area (Å²) in [7, 11) is 1.68. The van der Waals surface area contributed by atoms with Crippen molar-refractivity contribution in [2.75, 3.05) is 13.6 Å². The second-order valence-corrected chi connectivity index (χ2v) is 3.39. The Kier molecular flexibility index (Phi) is 1.63. The fourth-order valence-electron chi connectivity index (χ4n) is 1.64. The number of aliphatic hydroxyl groups is 1. The maximum atomic E-state index is 11.4. The number of nitrogens with zero attached hydrogens (tertiary/aromatic N) is 1. The number of carbonyl (C=O) groups excluding carboxylic acids is 1. The molecular formula is C10H11NO2. The average molecular weight is 177 g/mol. The molecule has 2 rings (SSSR count). The van der Waals surface area contributed by atoms with Crippen molar-refractivity contribution in [3.8, 4) is 0 Å². The van der Waals surface area contributed by atoms with Crippen molar-refractivity contribution >= 4 is 5.91 Å². The van der Waals surface area contributed by atoms with Gasteiger partial charge in [0, 0.05) is 7.05 Å². The van der Waals surface area contributed by atoms with Gasteiger partial charge in [0.25, 0.3) is 5.91 Å². The first-order chi connectivity index (χ1) is 6.14. The summed E-state index contributed by atoms with van der Waals surface area (Å²) in [4.78, 5) is 12.9. The van der Waals surface area contributed by atoms with Gasteiger partial charge >= 0.3 is 0 Å². The smallest absolute Gasteiger partial charge is 0.260 e. The lowest BCUT2D eigenvalue weighted by Crippen LogP contribution is -2.62. The van der Waals surface area contributed by atoms with Crippen LogP contribution in [-0.4, -0.2) is 29.5 Å². The summed E-state index contributed by atoms with van der Waals surface area (Å²) in [5.41, 5.74) is -0.589. The molecule has 1 aromatic rings. The van der Waals surface area contributed by atoms with Crippen molar-refractivity contribution in [3.63, 3.8) is 0 Å². The number of amides is 1. The van der Waals surface area contributed by atoms with Crippen LogP contribution in [0, 0.1) is 0 Å². The van der Waals surface area contributed by atoms with E-state index in [2.05, 4.69) is 0 Å². The van der Waals surface area contributed by atoms with Crippen LogP contribution < -0.4 is 0 Å². The quantitative estimate of drug-likeness (QED) is 0.629. The molecule has 3 heteroatoms. The van der Waals surface area contributed by atoms with E-state index in [0.717, 1.165) is 0 Å². The Hall–Kier alpha value is -1.35. The largest absolute Gasteiger partial charge is 0.374 e. The first-order valence-electron chi connectivity index (χ1n) is 4.18. The van der Waals surface area contributed by atoms with Crippen LogP contribution in [0.15, 0.2) is 30.3 Å². The first-order valence-corrected chi connectivity index (χ1v) is 4.18. The number of benzene rings is 1. The van der Waals surface area contributed by atoms with Gasteiger partial charge in [-0.05, 0) is 5.56 Å². The molecule has 1 aromatic carbocycles. The zero-order chi connectivity index (χ0) is 9.47. The Morgan fingerprint density at radius 2 is 2.00 bits per heavy atom. The minimum absolute atomic E-state index is 0.223. The van der Waals surface area contributed by atoms with Crippen LogP contribution in [0.4, 0.5) is 0 Å². The minimum atomic E-state index is -1.27. The lowest BCUT2D eigenvalue weighted by molar-refractivity contribution is -0.174. The van der Waals surface area contributed by atoms with Crippen LogP contribution >= 0.6 is 0 Å². The molecule has 0 bridgehead atoms. The van der Waals surface area contributed by atoms with Crippen molar-refractivity contribution in [2.45, 2.75) is 5.60 Å². The number of β-lactam (4-membered cyclic amide) rings is 1. The molecule has 0 aromatic heterocycles. The Balaban J connectivity index is 2.33. The van der Waals surface area contributed by atoms with E-state index < -0.39 is 5.60 Å². The number of β-amino-alcohol motifs (C(OH)–C–C–N with tert-alkyl or cyclic N) is 1. The molecule has 1 fully saturated rings. The zero-order valence-corrected chi connectivity index (χ0v) is 7.40. The third kappa shape index (κ3) is 1.04. The second-order valence-electron chi connectivity index (χ2n) is 3.39. The van der Waals surface area contributed by atoms with Crippen LogP contribution in [-0.2, 0) is 10.4 Å². The molecule has 3 nitrogen and oxygen atoms in total. The highest BCUT2D eigenvalue weighted by Crippen LogP contribution is 2.31. The van der Waals surface area contributed by atoms with E-state index in [1.165, 1.54) is 4.90 Å². The van der Waals surface area contributed by atoms with Crippen LogP contribution in [0.25, 0.3) is 0 Å². The predicted molar refractivity (Wildman–Crippen MR) is 48.0 cm³/mol. The summed E-state index contributed by atoms with van der Waals surface area (Å²) >= 11 is 0. The Labute approximate surface area is 76.6 Å². The van der Waals surface area contributed by atoms with Crippen molar-refractivity contribution in [3.05, 3.63) is 35.9 Å². The molecular weight excluding hydrogens is 166 g/mol. The highest BCUT2D eigenvalue weighted by atomic mass is 16.3. The normalized spacial score (nSPS) is 27.2. The second kappa shape index (κ2) is 2.57. The standard InChI is InChI=1S/C10H11NO2/c1-11-7-10(13,9(11)12)8-5-3-2-4-6-8/h2-6,13H,7H2,1H3. The van der Waals surface area contributed by atoms with Gasteiger partial charge in [0.1, 0.15) is 0 Å². The fraction of sp³-hybridized carbons (Fsp3) is 0.300. The Morgan fingerprint density at radius 3 is 2.46 bits per heavy atom. The third-order valence-corrected chi connectivity index (χ3v) is 2.42. The van der Waals surface area contributed by atoms with Gasteiger partial charge in [-0.15, -0.1) is 0 Å². The number of hydrogen-bond acceptors (Lipinski definition) is 2. The van der Waals surface area contributed by atoms with Gasteiger partial charge in [-0.3, -0.25) is 4.79 Å². The molecule has 68 valence electrons. The molecule has 0 saturated carbocycles. The lowest BCUT2D eigenvalue weighted by atomic mass is 9.86. The SMILES string of the molecule is CN1CC(O)(c2ccccc2)C1=O. The fourth-order valence-corrected chi connectivity index (χ4v) is 1.64. The van der Waals surface area contributed by atoms with E-state index in [1.807, 2.05) is 18.2 Å². The molecule has 1 heterocycles. The molecule has 0 radical (unpaired) electrons. The average Bonchev–Trinajstić information content (AvgIpc) is 2.19. The number of likely N-dealkylation sites (N-methyl/N-ethyl adjacent to an activating group) is 1. The van der Waals surface area contributed by atoms with E-state index >= 15 is 0 Å². The van der Waals surface area contributed by atoms with Crippen molar-refractivity contribution in [1.82, 2.24) is 4.90 Å². The van der Waals surface area contributed by atoms with Gasteiger partial charge in [0.05, 0.1) is 6.54 Å². The molecule has 1 atom stereocenters.